The molecule has 1 aliphatic heterocycles. The van der Waals surface area contributed by atoms with Crippen LogP contribution < -0.4 is 0 Å². The Bertz CT molecular complexity index is 653. The van der Waals surface area contributed by atoms with E-state index in [-0.39, 0.29) is 17.0 Å². The third-order valence-corrected chi connectivity index (χ3v) is 4.87. The van der Waals surface area contributed by atoms with Crippen LogP contribution in [0.2, 0.25) is 5.02 Å². The smallest absolute Gasteiger partial charge is 0.128 e. The number of imidazole rings is 1. The molecule has 3 nitrogen and oxygen atoms in total. The largest absolute Gasteiger partial charge is 0.376 e. The lowest BCUT2D eigenvalue weighted by Crippen LogP contribution is -2.38. The van der Waals surface area contributed by atoms with Gasteiger partial charge in [-0.25, -0.2) is 4.98 Å². The lowest BCUT2D eigenvalue weighted by atomic mass is 9.93. The quantitative estimate of drug-likeness (QED) is 0.763. The van der Waals surface area contributed by atoms with Gasteiger partial charge in [0.15, 0.2) is 0 Å². The number of aromatic nitrogens is 2. The molecule has 3 unspecified atom stereocenters. The minimum absolute atomic E-state index is 0.102. The topological polar surface area (TPSA) is 27.1 Å². The summed E-state index contributed by atoms with van der Waals surface area (Å²) in [5.41, 5.74) is 1.68. The second kappa shape index (κ2) is 4.90. The number of hydrogen-bond acceptors (Lipinski definition) is 2. The lowest BCUT2D eigenvalue weighted by Gasteiger charge is -2.32. The first kappa shape index (κ1) is 14.2. The maximum Gasteiger partial charge on any atom is 0.128 e. The number of ether oxygens (including phenoxy) is 1. The molecule has 1 saturated heterocycles. The molecule has 20 heavy (non-hydrogen) atoms. The zero-order valence-corrected chi connectivity index (χ0v) is 13.4. The number of hydrogen-bond donors (Lipinski definition) is 0. The van der Waals surface area contributed by atoms with Crippen LogP contribution >= 0.6 is 23.2 Å². The highest BCUT2D eigenvalue weighted by Crippen LogP contribution is 2.40. The molecule has 0 N–H and O–H groups in total. The van der Waals surface area contributed by atoms with Crippen molar-refractivity contribution in [2.24, 2.45) is 0 Å². The van der Waals surface area contributed by atoms with E-state index in [0.29, 0.717) is 5.02 Å². The number of halogens is 2. The van der Waals surface area contributed by atoms with Gasteiger partial charge in [-0.3, -0.25) is 0 Å². The fourth-order valence-corrected chi connectivity index (χ4v) is 3.41. The van der Waals surface area contributed by atoms with Gasteiger partial charge in [0.2, 0.25) is 0 Å². The van der Waals surface area contributed by atoms with Crippen molar-refractivity contribution in [2.45, 2.75) is 44.2 Å². The molecular weight excluding hydrogens is 295 g/mol. The Morgan fingerprint density at radius 2 is 2.25 bits per heavy atom. The van der Waals surface area contributed by atoms with Crippen molar-refractivity contribution in [3.8, 4) is 0 Å². The van der Waals surface area contributed by atoms with E-state index in [2.05, 4.69) is 23.4 Å². The number of nitrogens with zero attached hydrogens (tertiary/aromatic N) is 2. The zero-order valence-electron chi connectivity index (χ0n) is 11.9. The average molecular weight is 313 g/mol. The van der Waals surface area contributed by atoms with E-state index in [0.717, 1.165) is 29.9 Å². The fourth-order valence-electron chi connectivity index (χ4n) is 3.01. The fraction of sp³-hybridized carbons (Fsp3) is 0.533. The van der Waals surface area contributed by atoms with Crippen LogP contribution in [0.1, 0.15) is 38.4 Å². The molecule has 2 aromatic rings. The van der Waals surface area contributed by atoms with E-state index in [1.807, 2.05) is 25.1 Å². The van der Waals surface area contributed by atoms with Crippen LogP contribution in [0.25, 0.3) is 11.0 Å². The minimum atomic E-state index is -0.178. The predicted octanol–water partition coefficient (Wildman–Crippen LogP) is 4.51. The highest BCUT2D eigenvalue weighted by atomic mass is 35.5. The molecule has 3 atom stereocenters. The van der Waals surface area contributed by atoms with E-state index in [1.54, 1.807) is 0 Å². The third kappa shape index (κ3) is 1.95. The highest BCUT2D eigenvalue weighted by Gasteiger charge is 2.42. The van der Waals surface area contributed by atoms with E-state index in [4.69, 9.17) is 27.9 Å². The average Bonchev–Trinajstić information content (AvgIpc) is 2.93. The molecule has 108 valence electrons. The molecule has 2 heterocycles. The highest BCUT2D eigenvalue weighted by molar-refractivity contribution is 6.35. The van der Waals surface area contributed by atoms with Gasteiger partial charge in [0.25, 0.3) is 0 Å². The first-order valence-electron chi connectivity index (χ1n) is 6.88. The predicted molar refractivity (Wildman–Crippen MR) is 82.7 cm³/mol. The molecule has 1 fully saturated rings. The molecule has 0 amide bonds. The van der Waals surface area contributed by atoms with Crippen molar-refractivity contribution in [1.82, 2.24) is 9.55 Å². The van der Waals surface area contributed by atoms with Gasteiger partial charge >= 0.3 is 0 Å². The summed E-state index contributed by atoms with van der Waals surface area (Å²) in [7, 11) is 0. The summed E-state index contributed by atoms with van der Waals surface area (Å²) in [6.45, 7) is 6.98. The van der Waals surface area contributed by atoms with E-state index >= 15 is 0 Å². The van der Waals surface area contributed by atoms with Gasteiger partial charge in [-0.1, -0.05) is 17.7 Å². The molecule has 1 aromatic heterocycles. The van der Waals surface area contributed by atoms with Crippen molar-refractivity contribution < 1.29 is 4.74 Å². The van der Waals surface area contributed by atoms with Gasteiger partial charge in [-0.2, -0.15) is 0 Å². The Kier molecular flexibility index (Phi) is 3.47. The van der Waals surface area contributed by atoms with Gasteiger partial charge in [0, 0.05) is 6.61 Å². The number of alkyl halides is 1. The Labute approximate surface area is 128 Å². The Balaban J connectivity index is 2.35. The van der Waals surface area contributed by atoms with Crippen LogP contribution in [0.5, 0.6) is 0 Å². The van der Waals surface area contributed by atoms with Crippen LogP contribution in [-0.2, 0) is 10.3 Å². The van der Waals surface area contributed by atoms with Gasteiger partial charge in [0.1, 0.15) is 5.82 Å². The van der Waals surface area contributed by atoms with Gasteiger partial charge in [0.05, 0.1) is 33.1 Å². The van der Waals surface area contributed by atoms with E-state index < -0.39 is 0 Å². The summed E-state index contributed by atoms with van der Waals surface area (Å²) < 4.78 is 7.98. The summed E-state index contributed by atoms with van der Waals surface area (Å²) in [6.07, 6.45) is 1.03. The van der Waals surface area contributed by atoms with Crippen molar-refractivity contribution >= 4 is 34.2 Å². The molecule has 1 aromatic carbocycles. The molecule has 0 saturated carbocycles. The first-order valence-corrected chi connectivity index (χ1v) is 7.69. The van der Waals surface area contributed by atoms with Gasteiger partial charge in [-0.05, 0) is 39.3 Å². The van der Waals surface area contributed by atoms with Crippen LogP contribution in [0.15, 0.2) is 18.2 Å². The standard InChI is InChI=1S/C15H18Cl2N2O/c1-9(16)14-18-12-6-4-5-11(17)13(12)19(14)15(3)7-8-20-10(15)2/h4-6,9-10H,7-8H2,1-3H3. The molecule has 1 aliphatic rings. The zero-order chi connectivity index (χ0) is 14.5. The molecule has 3 rings (SSSR count). The lowest BCUT2D eigenvalue weighted by molar-refractivity contribution is 0.0764. The Morgan fingerprint density at radius 3 is 2.85 bits per heavy atom. The minimum Gasteiger partial charge on any atom is -0.376 e. The SMILES string of the molecule is CC(Cl)c1nc2cccc(Cl)c2n1C1(C)CCOC1C. The molecular formula is C15H18Cl2N2O. The van der Waals surface area contributed by atoms with Crippen LogP contribution in [0.4, 0.5) is 0 Å². The molecule has 5 heteroatoms. The normalized spacial score (nSPS) is 28.1. The van der Waals surface area contributed by atoms with E-state index in [1.165, 1.54) is 0 Å². The van der Waals surface area contributed by atoms with Crippen LogP contribution in [0, 0.1) is 0 Å². The summed E-state index contributed by atoms with van der Waals surface area (Å²) in [4.78, 5) is 4.69. The van der Waals surface area contributed by atoms with Crippen molar-refractivity contribution in [3.63, 3.8) is 0 Å². The summed E-state index contributed by atoms with van der Waals surface area (Å²) in [5.74, 6) is 0.856. The van der Waals surface area contributed by atoms with Crippen LogP contribution in [0.3, 0.4) is 0 Å². The number of rotatable bonds is 2. The molecule has 0 aliphatic carbocycles. The Morgan fingerprint density at radius 1 is 1.50 bits per heavy atom. The third-order valence-electron chi connectivity index (χ3n) is 4.37. The van der Waals surface area contributed by atoms with Crippen molar-refractivity contribution in [3.05, 3.63) is 29.0 Å². The number of para-hydroxylation sites is 1. The van der Waals surface area contributed by atoms with Crippen molar-refractivity contribution in [1.29, 1.82) is 0 Å². The monoisotopic (exact) mass is 312 g/mol. The van der Waals surface area contributed by atoms with Crippen LogP contribution in [-0.4, -0.2) is 22.3 Å². The summed E-state index contributed by atoms with van der Waals surface area (Å²) in [6, 6.07) is 5.79. The maximum atomic E-state index is 6.42. The van der Waals surface area contributed by atoms with Crippen molar-refractivity contribution in [2.75, 3.05) is 6.61 Å². The number of fused-ring (bicyclic) bond motifs is 1. The van der Waals surface area contributed by atoms with Gasteiger partial charge < -0.3 is 9.30 Å². The number of benzene rings is 1. The molecule has 0 bridgehead atoms. The van der Waals surface area contributed by atoms with Gasteiger partial charge in [-0.15, -0.1) is 11.6 Å². The second-order valence-corrected chi connectivity index (χ2v) is 6.71. The summed E-state index contributed by atoms with van der Waals surface area (Å²) in [5, 5.41) is 0.530. The maximum absolute atomic E-state index is 6.42. The molecule has 0 radical (unpaired) electrons. The first-order chi connectivity index (χ1) is 9.45. The van der Waals surface area contributed by atoms with E-state index in [9.17, 15) is 0 Å². The second-order valence-electron chi connectivity index (χ2n) is 5.65. The summed E-state index contributed by atoms with van der Waals surface area (Å²) >= 11 is 12.8. The molecule has 0 spiro atoms. The Hall–Kier alpha value is -0.770.